The van der Waals surface area contributed by atoms with Gasteiger partial charge in [0.2, 0.25) is 0 Å². The molecule has 0 saturated heterocycles. The summed E-state index contributed by atoms with van der Waals surface area (Å²) in [6.45, 7) is 2.06. The molecule has 1 heterocycles. The van der Waals surface area contributed by atoms with E-state index in [-0.39, 0.29) is 5.56 Å². The van der Waals surface area contributed by atoms with E-state index < -0.39 is 0 Å². The van der Waals surface area contributed by atoms with Gasteiger partial charge in [-0.25, -0.2) is 4.98 Å². The fourth-order valence-electron chi connectivity index (χ4n) is 1.62. The molecule has 0 aliphatic heterocycles. The van der Waals surface area contributed by atoms with Crippen LogP contribution in [-0.2, 0) is 6.42 Å². The second-order valence-electron chi connectivity index (χ2n) is 4.08. The highest BCUT2D eigenvalue weighted by molar-refractivity contribution is 9.10. The van der Waals surface area contributed by atoms with E-state index in [1.54, 1.807) is 0 Å². The molecule has 2 aromatic rings. The lowest BCUT2D eigenvalue weighted by molar-refractivity contribution is 0.816. The number of H-pyrrole nitrogens is 1. The van der Waals surface area contributed by atoms with Gasteiger partial charge in [0.15, 0.2) is 5.16 Å². The van der Waals surface area contributed by atoms with Crippen molar-refractivity contribution < 1.29 is 0 Å². The number of aromatic amines is 1. The van der Waals surface area contributed by atoms with Crippen LogP contribution in [0.3, 0.4) is 0 Å². The fraction of sp³-hybridized carbons (Fsp3) is 0.231. The quantitative estimate of drug-likeness (QED) is 0.662. The van der Waals surface area contributed by atoms with Crippen LogP contribution in [0.2, 0.25) is 0 Å². The molecule has 1 aromatic carbocycles. The number of rotatable bonds is 4. The number of nitrogen functional groups attached to an aromatic ring is 1. The Morgan fingerprint density at radius 1 is 1.42 bits per heavy atom. The Labute approximate surface area is 124 Å². The predicted octanol–water partition coefficient (Wildman–Crippen LogP) is 3.22. The van der Waals surface area contributed by atoms with Crippen LogP contribution in [0.15, 0.2) is 43.6 Å². The lowest BCUT2D eigenvalue weighted by Gasteiger charge is -2.06. The van der Waals surface area contributed by atoms with Gasteiger partial charge in [0.05, 0.1) is 0 Å². The van der Waals surface area contributed by atoms with Crippen LogP contribution in [0.4, 0.5) is 5.69 Å². The van der Waals surface area contributed by atoms with Gasteiger partial charge in [-0.3, -0.25) is 4.79 Å². The smallest absolute Gasteiger partial charge is 0.251 e. The molecule has 6 heteroatoms. The number of hydrogen-bond acceptors (Lipinski definition) is 4. The molecule has 2 rings (SSSR count). The van der Waals surface area contributed by atoms with Crippen LogP contribution < -0.4 is 11.3 Å². The van der Waals surface area contributed by atoms with E-state index in [4.69, 9.17) is 5.73 Å². The van der Waals surface area contributed by atoms with Crippen LogP contribution in [0.25, 0.3) is 0 Å². The van der Waals surface area contributed by atoms with Gasteiger partial charge in [-0.1, -0.05) is 29.3 Å². The SMILES string of the molecule is CCCc1cc(=O)[nH]c(Sc2cc(Br)ccc2N)n1. The van der Waals surface area contributed by atoms with Gasteiger partial charge in [0.1, 0.15) is 0 Å². The van der Waals surface area contributed by atoms with Gasteiger partial charge >= 0.3 is 0 Å². The van der Waals surface area contributed by atoms with Gasteiger partial charge in [-0.15, -0.1) is 0 Å². The highest BCUT2D eigenvalue weighted by Crippen LogP contribution is 2.31. The van der Waals surface area contributed by atoms with E-state index in [0.717, 1.165) is 27.9 Å². The summed E-state index contributed by atoms with van der Waals surface area (Å²) < 4.78 is 0.941. The summed E-state index contributed by atoms with van der Waals surface area (Å²) in [6.07, 6.45) is 1.75. The molecule has 0 saturated carbocycles. The third-order valence-corrected chi connectivity index (χ3v) is 3.91. The zero-order valence-corrected chi connectivity index (χ0v) is 12.8. The number of aromatic nitrogens is 2. The maximum absolute atomic E-state index is 11.6. The summed E-state index contributed by atoms with van der Waals surface area (Å²) in [5, 5.41) is 0.570. The van der Waals surface area contributed by atoms with Crippen molar-refractivity contribution in [2.75, 3.05) is 5.73 Å². The van der Waals surface area contributed by atoms with Gasteiger partial charge < -0.3 is 10.7 Å². The minimum absolute atomic E-state index is 0.130. The Hall–Kier alpha value is -1.27. The van der Waals surface area contributed by atoms with Gasteiger partial charge in [0, 0.05) is 26.8 Å². The van der Waals surface area contributed by atoms with E-state index in [9.17, 15) is 4.79 Å². The number of benzene rings is 1. The topological polar surface area (TPSA) is 71.8 Å². The summed E-state index contributed by atoms with van der Waals surface area (Å²) in [5.74, 6) is 0. The largest absolute Gasteiger partial charge is 0.398 e. The summed E-state index contributed by atoms with van der Waals surface area (Å²) in [4.78, 5) is 19.6. The first kappa shape index (κ1) is 14.1. The van der Waals surface area contributed by atoms with E-state index in [0.29, 0.717) is 10.8 Å². The highest BCUT2D eigenvalue weighted by Gasteiger charge is 2.06. The minimum Gasteiger partial charge on any atom is -0.398 e. The summed E-state index contributed by atoms with van der Waals surface area (Å²) in [6, 6.07) is 7.15. The Kier molecular flexibility index (Phi) is 4.66. The molecule has 0 aliphatic carbocycles. The molecule has 3 N–H and O–H groups in total. The zero-order valence-electron chi connectivity index (χ0n) is 10.4. The molecule has 100 valence electrons. The van der Waals surface area contributed by atoms with E-state index >= 15 is 0 Å². The Morgan fingerprint density at radius 2 is 2.21 bits per heavy atom. The number of halogens is 1. The van der Waals surface area contributed by atoms with Crippen molar-refractivity contribution in [3.05, 3.63) is 44.8 Å². The number of nitrogens with two attached hydrogens (primary N) is 1. The number of nitrogens with one attached hydrogen (secondary N) is 1. The van der Waals surface area contributed by atoms with E-state index in [1.807, 2.05) is 18.2 Å². The molecule has 0 aliphatic rings. The van der Waals surface area contributed by atoms with Crippen molar-refractivity contribution in [2.24, 2.45) is 0 Å². The standard InChI is InChI=1S/C13H14BrN3OS/c1-2-3-9-7-12(18)17-13(16-9)19-11-6-8(14)4-5-10(11)15/h4-7H,2-3,15H2,1H3,(H,16,17,18). The van der Waals surface area contributed by atoms with Crippen LogP contribution in [0.1, 0.15) is 19.0 Å². The summed E-state index contributed by atoms with van der Waals surface area (Å²) in [7, 11) is 0. The number of aryl methyl sites for hydroxylation is 1. The fourth-order valence-corrected chi connectivity index (χ4v) is 3.02. The monoisotopic (exact) mass is 339 g/mol. The lowest BCUT2D eigenvalue weighted by Crippen LogP contribution is -2.09. The second kappa shape index (κ2) is 6.25. The van der Waals surface area contributed by atoms with Gasteiger partial charge in [-0.05, 0) is 36.4 Å². The second-order valence-corrected chi connectivity index (χ2v) is 6.02. The molecule has 0 bridgehead atoms. The molecule has 0 fully saturated rings. The maximum Gasteiger partial charge on any atom is 0.251 e. The average molecular weight is 340 g/mol. The molecule has 4 nitrogen and oxygen atoms in total. The molecular formula is C13H14BrN3OS. The zero-order chi connectivity index (χ0) is 13.8. The number of nitrogens with zero attached hydrogens (tertiary/aromatic N) is 1. The molecule has 19 heavy (non-hydrogen) atoms. The third kappa shape index (κ3) is 3.84. The molecular weight excluding hydrogens is 326 g/mol. The van der Waals surface area contributed by atoms with Crippen LogP contribution in [0.5, 0.6) is 0 Å². The molecule has 0 unspecified atom stereocenters. The molecule has 1 aromatic heterocycles. The summed E-state index contributed by atoms with van der Waals surface area (Å²) in [5.41, 5.74) is 7.25. The Balaban J connectivity index is 2.32. The van der Waals surface area contributed by atoms with Crippen molar-refractivity contribution in [1.82, 2.24) is 9.97 Å². The normalized spacial score (nSPS) is 10.6. The molecule has 0 radical (unpaired) electrons. The van der Waals surface area contributed by atoms with Gasteiger partial charge in [-0.2, -0.15) is 0 Å². The molecule has 0 atom stereocenters. The highest BCUT2D eigenvalue weighted by atomic mass is 79.9. The number of hydrogen-bond donors (Lipinski definition) is 2. The minimum atomic E-state index is -0.130. The third-order valence-electron chi connectivity index (χ3n) is 2.46. The molecule has 0 spiro atoms. The first-order valence-electron chi connectivity index (χ1n) is 5.91. The first-order valence-corrected chi connectivity index (χ1v) is 7.52. The Morgan fingerprint density at radius 3 is 2.95 bits per heavy atom. The first-order chi connectivity index (χ1) is 9.08. The predicted molar refractivity (Wildman–Crippen MR) is 81.5 cm³/mol. The Bertz CT molecular complexity index is 642. The number of anilines is 1. The maximum atomic E-state index is 11.6. The van der Waals surface area contributed by atoms with Gasteiger partial charge in [0.25, 0.3) is 5.56 Å². The summed E-state index contributed by atoms with van der Waals surface area (Å²) >= 11 is 4.76. The van der Waals surface area contributed by atoms with Crippen molar-refractivity contribution in [3.63, 3.8) is 0 Å². The van der Waals surface area contributed by atoms with Crippen LogP contribution in [-0.4, -0.2) is 9.97 Å². The van der Waals surface area contributed by atoms with Crippen molar-refractivity contribution in [2.45, 2.75) is 29.8 Å². The average Bonchev–Trinajstić information content (AvgIpc) is 2.33. The van der Waals surface area contributed by atoms with Crippen molar-refractivity contribution in [3.8, 4) is 0 Å². The van der Waals surface area contributed by atoms with E-state index in [1.165, 1.54) is 17.8 Å². The van der Waals surface area contributed by atoms with E-state index in [2.05, 4.69) is 32.8 Å². The molecule has 0 amide bonds. The van der Waals surface area contributed by atoms with Crippen molar-refractivity contribution in [1.29, 1.82) is 0 Å². The lowest BCUT2D eigenvalue weighted by atomic mass is 10.2. The van der Waals surface area contributed by atoms with Crippen molar-refractivity contribution >= 4 is 33.4 Å². The van der Waals surface area contributed by atoms with Crippen LogP contribution in [0, 0.1) is 0 Å². The van der Waals surface area contributed by atoms with Crippen LogP contribution >= 0.6 is 27.7 Å².